The Balaban J connectivity index is 1.54. The molecule has 1 aliphatic heterocycles. The Bertz CT molecular complexity index is 615. The number of hydrogen-bond acceptors (Lipinski definition) is 6. The topological polar surface area (TPSA) is 71.8 Å². The van der Waals surface area contributed by atoms with E-state index < -0.39 is 0 Å². The van der Waals surface area contributed by atoms with E-state index >= 15 is 0 Å². The van der Waals surface area contributed by atoms with E-state index in [1.165, 1.54) is 12.8 Å². The summed E-state index contributed by atoms with van der Waals surface area (Å²) < 4.78 is 1.75. The first-order valence-corrected chi connectivity index (χ1v) is 6.31. The molecule has 1 N–H and O–H groups in total. The Hall–Kier alpha value is -2.44. The van der Waals surface area contributed by atoms with E-state index in [1.807, 2.05) is 17.4 Å². The Morgan fingerprint density at radius 3 is 3.00 bits per heavy atom. The fourth-order valence-electron chi connectivity index (χ4n) is 2.16. The number of aromatic nitrogens is 5. The molecule has 7 nitrogen and oxygen atoms in total. The highest BCUT2D eigenvalue weighted by Gasteiger charge is 2.26. The second kappa shape index (κ2) is 4.04. The van der Waals surface area contributed by atoms with Gasteiger partial charge in [0.1, 0.15) is 6.33 Å². The zero-order chi connectivity index (χ0) is 12.7. The Labute approximate surface area is 109 Å². The van der Waals surface area contributed by atoms with Gasteiger partial charge in [-0.05, 0) is 12.8 Å². The van der Waals surface area contributed by atoms with Crippen molar-refractivity contribution in [2.75, 3.05) is 11.6 Å². The van der Waals surface area contributed by atoms with Crippen LogP contribution in [0.4, 0.5) is 5.82 Å². The lowest BCUT2D eigenvalue weighted by Gasteiger charge is -2.17. The summed E-state index contributed by atoms with van der Waals surface area (Å²) in [5.74, 6) is 1.52. The molecule has 1 fully saturated rings. The van der Waals surface area contributed by atoms with Crippen molar-refractivity contribution in [1.82, 2.24) is 30.4 Å². The highest BCUT2D eigenvalue weighted by molar-refractivity contribution is 5.57. The van der Waals surface area contributed by atoms with Gasteiger partial charge in [-0.2, -0.15) is 0 Å². The van der Waals surface area contributed by atoms with E-state index in [1.54, 1.807) is 17.2 Å². The van der Waals surface area contributed by atoms with Crippen molar-refractivity contribution >= 4 is 11.5 Å². The minimum absolute atomic E-state index is 0.632. The maximum Gasteiger partial charge on any atom is 0.151 e. The van der Waals surface area contributed by atoms with Crippen LogP contribution >= 0.6 is 0 Å². The quantitative estimate of drug-likeness (QED) is 0.873. The first kappa shape index (κ1) is 10.5. The SMILES string of the molecule is C1=C(n2ccnn2)CN(c2cc(C3CC3)ncn2)N1. The molecule has 1 saturated carbocycles. The summed E-state index contributed by atoms with van der Waals surface area (Å²) >= 11 is 0. The number of hydrogen-bond donors (Lipinski definition) is 1. The molecule has 0 radical (unpaired) electrons. The van der Waals surface area contributed by atoms with Crippen LogP contribution in [0.2, 0.25) is 0 Å². The van der Waals surface area contributed by atoms with Crippen LogP contribution in [0.25, 0.3) is 5.70 Å². The van der Waals surface area contributed by atoms with Crippen molar-refractivity contribution in [3.8, 4) is 0 Å². The smallest absolute Gasteiger partial charge is 0.151 e. The summed E-state index contributed by atoms with van der Waals surface area (Å²) in [6, 6.07) is 2.06. The highest BCUT2D eigenvalue weighted by atomic mass is 15.6. The van der Waals surface area contributed by atoms with Crippen molar-refractivity contribution in [2.24, 2.45) is 0 Å². The predicted molar refractivity (Wildman–Crippen MR) is 68.8 cm³/mol. The summed E-state index contributed by atoms with van der Waals surface area (Å²) in [6.45, 7) is 0.699. The second-order valence-corrected chi connectivity index (χ2v) is 4.77. The molecule has 7 heteroatoms. The van der Waals surface area contributed by atoms with Crippen LogP contribution < -0.4 is 10.4 Å². The van der Waals surface area contributed by atoms with Gasteiger partial charge in [-0.1, -0.05) is 5.21 Å². The minimum Gasteiger partial charge on any atom is -0.302 e. The van der Waals surface area contributed by atoms with Gasteiger partial charge in [0.15, 0.2) is 5.82 Å². The highest BCUT2D eigenvalue weighted by Crippen LogP contribution is 2.39. The van der Waals surface area contributed by atoms with E-state index in [-0.39, 0.29) is 0 Å². The second-order valence-electron chi connectivity index (χ2n) is 4.77. The predicted octanol–water partition coefficient (Wildman–Crippen LogP) is 0.769. The maximum absolute atomic E-state index is 4.33. The fourth-order valence-corrected chi connectivity index (χ4v) is 2.16. The van der Waals surface area contributed by atoms with Gasteiger partial charge < -0.3 is 5.43 Å². The molecule has 2 aliphatic rings. The van der Waals surface area contributed by atoms with Crippen LogP contribution in [0.15, 0.2) is 31.0 Å². The lowest BCUT2D eigenvalue weighted by molar-refractivity contribution is 0.780. The van der Waals surface area contributed by atoms with Gasteiger partial charge >= 0.3 is 0 Å². The number of nitrogens with one attached hydrogen (secondary N) is 1. The van der Waals surface area contributed by atoms with E-state index in [0.717, 1.165) is 17.2 Å². The lowest BCUT2D eigenvalue weighted by atomic mass is 10.3. The Kier molecular flexibility index (Phi) is 2.23. The molecule has 0 amide bonds. The Morgan fingerprint density at radius 2 is 2.21 bits per heavy atom. The molecule has 0 bridgehead atoms. The maximum atomic E-state index is 4.33. The largest absolute Gasteiger partial charge is 0.302 e. The van der Waals surface area contributed by atoms with Gasteiger partial charge in [-0.3, -0.25) is 5.01 Å². The molecule has 19 heavy (non-hydrogen) atoms. The molecule has 2 aromatic rings. The average Bonchev–Trinajstić information content (AvgIpc) is 2.96. The zero-order valence-electron chi connectivity index (χ0n) is 10.3. The van der Waals surface area contributed by atoms with E-state index in [4.69, 9.17) is 0 Å². The van der Waals surface area contributed by atoms with E-state index in [9.17, 15) is 0 Å². The van der Waals surface area contributed by atoms with Crippen LogP contribution in [-0.2, 0) is 0 Å². The molecular formula is C12H13N7. The van der Waals surface area contributed by atoms with Crippen LogP contribution in [0.3, 0.4) is 0 Å². The van der Waals surface area contributed by atoms with Crippen molar-refractivity contribution in [1.29, 1.82) is 0 Å². The van der Waals surface area contributed by atoms with Crippen LogP contribution in [0.5, 0.6) is 0 Å². The van der Waals surface area contributed by atoms with Gasteiger partial charge in [0.25, 0.3) is 0 Å². The third-order valence-electron chi connectivity index (χ3n) is 3.37. The monoisotopic (exact) mass is 255 g/mol. The zero-order valence-corrected chi connectivity index (χ0v) is 10.3. The molecule has 2 aromatic heterocycles. The molecule has 0 atom stereocenters. The molecule has 0 aromatic carbocycles. The summed E-state index contributed by atoms with van der Waals surface area (Å²) in [7, 11) is 0. The lowest BCUT2D eigenvalue weighted by Crippen LogP contribution is -2.31. The minimum atomic E-state index is 0.632. The van der Waals surface area contributed by atoms with Gasteiger partial charge in [0.05, 0.1) is 24.6 Å². The van der Waals surface area contributed by atoms with E-state index in [2.05, 4.69) is 31.8 Å². The van der Waals surface area contributed by atoms with Crippen LogP contribution in [0, 0.1) is 0 Å². The number of hydrazine groups is 1. The van der Waals surface area contributed by atoms with Crippen molar-refractivity contribution in [3.63, 3.8) is 0 Å². The van der Waals surface area contributed by atoms with Crippen molar-refractivity contribution in [2.45, 2.75) is 18.8 Å². The summed E-state index contributed by atoms with van der Waals surface area (Å²) in [4.78, 5) is 8.65. The molecule has 4 rings (SSSR count). The normalized spacial score (nSPS) is 18.3. The van der Waals surface area contributed by atoms with Crippen LogP contribution in [0.1, 0.15) is 24.5 Å². The average molecular weight is 255 g/mol. The summed E-state index contributed by atoms with van der Waals surface area (Å²) in [6.07, 6.45) is 9.52. The molecule has 3 heterocycles. The molecule has 96 valence electrons. The van der Waals surface area contributed by atoms with Gasteiger partial charge in [0.2, 0.25) is 0 Å². The molecule has 0 saturated heterocycles. The van der Waals surface area contributed by atoms with Crippen LogP contribution in [-0.4, -0.2) is 31.5 Å². The molecule has 1 aliphatic carbocycles. The third-order valence-corrected chi connectivity index (χ3v) is 3.37. The summed E-state index contributed by atoms with van der Waals surface area (Å²) in [5.41, 5.74) is 5.36. The first-order valence-electron chi connectivity index (χ1n) is 6.31. The van der Waals surface area contributed by atoms with Gasteiger partial charge in [-0.15, -0.1) is 5.10 Å². The number of rotatable bonds is 3. The standard InChI is InChI=1S/C12H13N7/c1-2-9(1)11-5-12(14-8-13-11)19-7-10(6-16-19)18-4-3-15-17-18/h3-6,8-9,16H,1-2,7H2. The first-order chi connectivity index (χ1) is 9.40. The number of nitrogens with zero attached hydrogens (tertiary/aromatic N) is 6. The fraction of sp³-hybridized carbons (Fsp3) is 0.333. The molecule has 0 unspecified atom stereocenters. The summed E-state index contributed by atoms with van der Waals surface area (Å²) in [5, 5.41) is 9.77. The van der Waals surface area contributed by atoms with Crippen molar-refractivity contribution in [3.05, 3.63) is 36.7 Å². The Morgan fingerprint density at radius 1 is 1.26 bits per heavy atom. The third kappa shape index (κ3) is 1.92. The molecule has 0 spiro atoms. The molecular weight excluding hydrogens is 242 g/mol. The van der Waals surface area contributed by atoms with Gasteiger partial charge in [0, 0.05) is 23.9 Å². The van der Waals surface area contributed by atoms with Crippen molar-refractivity contribution < 1.29 is 0 Å². The number of anilines is 1. The van der Waals surface area contributed by atoms with Gasteiger partial charge in [-0.25, -0.2) is 14.6 Å². The van der Waals surface area contributed by atoms with E-state index in [0.29, 0.717) is 12.5 Å².